The van der Waals surface area contributed by atoms with Crippen LogP contribution in [0.3, 0.4) is 0 Å². The molecule has 0 bridgehead atoms. The van der Waals surface area contributed by atoms with Crippen LogP contribution in [0.4, 0.5) is 0 Å². The minimum Gasteiger partial charge on any atom is -0.333 e. The molecule has 0 aliphatic carbocycles. The highest BCUT2D eigenvalue weighted by Gasteiger charge is 2.13. The van der Waals surface area contributed by atoms with Crippen molar-refractivity contribution >= 4 is 59.1 Å². The zero-order chi connectivity index (χ0) is 9.42. The maximum atomic E-state index is 4.99. The predicted molar refractivity (Wildman–Crippen MR) is 60.7 cm³/mol. The summed E-state index contributed by atoms with van der Waals surface area (Å²) in [6.07, 6.45) is 0. The van der Waals surface area contributed by atoms with Crippen molar-refractivity contribution in [2.45, 2.75) is 0 Å². The SMILES string of the molecule is Brc1noc(-c2cc(Br)sc2Br)n1. The first kappa shape index (κ1) is 9.82. The van der Waals surface area contributed by atoms with Gasteiger partial charge in [-0.25, -0.2) is 0 Å². The van der Waals surface area contributed by atoms with Crippen LogP contribution in [0.2, 0.25) is 0 Å². The van der Waals surface area contributed by atoms with Crippen molar-refractivity contribution in [2.75, 3.05) is 0 Å². The van der Waals surface area contributed by atoms with E-state index in [0.717, 1.165) is 13.1 Å². The molecular weight excluding hydrogens is 388 g/mol. The molecule has 0 radical (unpaired) electrons. The Morgan fingerprint density at radius 2 is 2.08 bits per heavy atom. The van der Waals surface area contributed by atoms with Gasteiger partial charge in [0.2, 0.25) is 4.73 Å². The van der Waals surface area contributed by atoms with Crippen molar-refractivity contribution in [3.8, 4) is 11.5 Å². The lowest BCUT2D eigenvalue weighted by molar-refractivity contribution is 0.426. The summed E-state index contributed by atoms with van der Waals surface area (Å²) in [6.45, 7) is 0. The molecule has 0 aromatic carbocycles. The maximum absolute atomic E-state index is 4.99. The average molecular weight is 389 g/mol. The fourth-order valence-corrected chi connectivity index (χ4v) is 3.81. The molecule has 0 N–H and O–H groups in total. The van der Waals surface area contributed by atoms with Crippen LogP contribution in [0.5, 0.6) is 0 Å². The summed E-state index contributed by atoms with van der Waals surface area (Å²) in [4.78, 5) is 4.05. The van der Waals surface area contributed by atoms with Crippen molar-refractivity contribution in [1.29, 1.82) is 0 Å². The molecular formula is C6HBr3N2OS. The van der Waals surface area contributed by atoms with Gasteiger partial charge in [-0.1, -0.05) is 0 Å². The van der Waals surface area contributed by atoms with Gasteiger partial charge in [0.05, 0.1) is 13.1 Å². The first-order valence-corrected chi connectivity index (χ1v) is 6.31. The molecule has 0 aliphatic rings. The second-order valence-corrected chi connectivity index (χ2v) is 6.57. The monoisotopic (exact) mass is 386 g/mol. The average Bonchev–Trinajstić information content (AvgIpc) is 2.58. The highest BCUT2D eigenvalue weighted by atomic mass is 79.9. The van der Waals surface area contributed by atoms with E-state index in [9.17, 15) is 0 Å². The second kappa shape index (κ2) is 3.80. The van der Waals surface area contributed by atoms with E-state index in [1.54, 1.807) is 11.3 Å². The quantitative estimate of drug-likeness (QED) is 0.738. The van der Waals surface area contributed by atoms with Crippen molar-refractivity contribution < 1.29 is 4.52 Å². The molecule has 0 saturated carbocycles. The number of halogens is 3. The predicted octanol–water partition coefficient (Wildman–Crippen LogP) is 4.09. The Bertz CT molecular complexity index is 439. The van der Waals surface area contributed by atoms with Crippen LogP contribution in [-0.4, -0.2) is 10.1 Å². The lowest BCUT2D eigenvalue weighted by atomic mass is 10.3. The molecule has 0 atom stereocenters. The van der Waals surface area contributed by atoms with Crippen molar-refractivity contribution in [3.05, 3.63) is 18.4 Å². The highest BCUT2D eigenvalue weighted by molar-refractivity contribution is 9.12. The first-order chi connectivity index (χ1) is 6.16. The van der Waals surface area contributed by atoms with Gasteiger partial charge in [-0.05, 0) is 59.0 Å². The Labute approximate surface area is 103 Å². The van der Waals surface area contributed by atoms with Crippen LogP contribution < -0.4 is 0 Å². The minimum atomic E-state index is 0.455. The Morgan fingerprint density at radius 3 is 2.54 bits per heavy atom. The molecule has 0 aliphatic heterocycles. The largest absolute Gasteiger partial charge is 0.333 e. The van der Waals surface area contributed by atoms with Gasteiger partial charge >= 0.3 is 0 Å². The fraction of sp³-hybridized carbons (Fsp3) is 0. The molecule has 2 aromatic rings. The second-order valence-electron chi connectivity index (χ2n) is 2.11. The molecule has 3 nitrogen and oxygen atoms in total. The zero-order valence-electron chi connectivity index (χ0n) is 5.92. The van der Waals surface area contributed by atoms with Gasteiger partial charge < -0.3 is 4.52 Å². The summed E-state index contributed by atoms with van der Waals surface area (Å²) in [6, 6.07) is 1.93. The van der Waals surface area contributed by atoms with E-state index >= 15 is 0 Å². The van der Waals surface area contributed by atoms with Crippen LogP contribution in [0.1, 0.15) is 0 Å². The number of hydrogen-bond acceptors (Lipinski definition) is 4. The Hall–Kier alpha value is 0.280. The smallest absolute Gasteiger partial charge is 0.260 e. The number of rotatable bonds is 1. The van der Waals surface area contributed by atoms with Gasteiger partial charge in [-0.2, -0.15) is 4.98 Å². The number of aromatic nitrogens is 2. The number of nitrogens with zero attached hydrogens (tertiary/aromatic N) is 2. The standard InChI is InChI=1S/C6HBr3N2OS/c7-3-1-2(4(8)13-3)5-10-6(9)11-12-5/h1H. The van der Waals surface area contributed by atoms with Gasteiger partial charge in [0.1, 0.15) is 0 Å². The van der Waals surface area contributed by atoms with Crippen molar-refractivity contribution in [3.63, 3.8) is 0 Å². The zero-order valence-corrected chi connectivity index (χ0v) is 11.5. The summed E-state index contributed by atoms with van der Waals surface area (Å²) in [7, 11) is 0. The van der Waals surface area contributed by atoms with Crippen LogP contribution in [0, 0.1) is 0 Å². The van der Waals surface area contributed by atoms with E-state index in [2.05, 4.69) is 57.9 Å². The van der Waals surface area contributed by atoms with Gasteiger partial charge in [0.25, 0.3) is 5.89 Å². The van der Waals surface area contributed by atoms with E-state index in [-0.39, 0.29) is 0 Å². The third-order valence-corrected chi connectivity index (χ3v) is 3.95. The maximum Gasteiger partial charge on any atom is 0.260 e. The highest BCUT2D eigenvalue weighted by Crippen LogP contribution is 2.37. The summed E-state index contributed by atoms with van der Waals surface area (Å²) < 4.78 is 7.43. The Balaban J connectivity index is 2.51. The van der Waals surface area contributed by atoms with Gasteiger partial charge in [0.15, 0.2) is 0 Å². The molecule has 0 fully saturated rings. The van der Waals surface area contributed by atoms with Crippen LogP contribution >= 0.6 is 59.1 Å². The van der Waals surface area contributed by atoms with Gasteiger partial charge in [0, 0.05) is 0 Å². The topological polar surface area (TPSA) is 38.9 Å². The van der Waals surface area contributed by atoms with E-state index in [4.69, 9.17) is 4.52 Å². The molecule has 2 aromatic heterocycles. The molecule has 0 amide bonds. The van der Waals surface area contributed by atoms with E-state index in [1.165, 1.54) is 0 Å². The lowest BCUT2D eigenvalue weighted by Crippen LogP contribution is -1.72. The fourth-order valence-electron chi connectivity index (χ4n) is 0.801. The van der Waals surface area contributed by atoms with Gasteiger partial charge in [-0.15, -0.1) is 11.3 Å². The number of thiophene rings is 1. The molecule has 2 heterocycles. The van der Waals surface area contributed by atoms with E-state index < -0.39 is 0 Å². The molecule has 13 heavy (non-hydrogen) atoms. The molecule has 68 valence electrons. The number of hydrogen-bond donors (Lipinski definition) is 0. The van der Waals surface area contributed by atoms with Crippen LogP contribution in [-0.2, 0) is 0 Å². The van der Waals surface area contributed by atoms with E-state index in [0.29, 0.717) is 10.6 Å². The molecule has 0 saturated heterocycles. The van der Waals surface area contributed by atoms with Crippen LogP contribution in [0.25, 0.3) is 11.5 Å². The normalized spacial score (nSPS) is 10.7. The third-order valence-electron chi connectivity index (χ3n) is 1.29. The summed E-state index contributed by atoms with van der Waals surface area (Å²) in [5, 5.41) is 3.64. The van der Waals surface area contributed by atoms with Crippen molar-refractivity contribution in [1.82, 2.24) is 10.1 Å². The molecule has 0 spiro atoms. The Morgan fingerprint density at radius 1 is 1.31 bits per heavy atom. The van der Waals surface area contributed by atoms with Gasteiger partial charge in [-0.3, -0.25) is 0 Å². The van der Waals surface area contributed by atoms with E-state index in [1.807, 2.05) is 6.07 Å². The Kier molecular flexibility index (Phi) is 2.87. The molecule has 0 unspecified atom stereocenters. The summed E-state index contributed by atoms with van der Waals surface area (Å²) >= 11 is 11.5. The summed E-state index contributed by atoms with van der Waals surface area (Å²) in [5.41, 5.74) is 0.898. The molecule has 2 rings (SSSR count). The summed E-state index contributed by atoms with van der Waals surface area (Å²) in [5.74, 6) is 0.501. The molecule has 7 heteroatoms. The lowest BCUT2D eigenvalue weighted by Gasteiger charge is -1.86. The van der Waals surface area contributed by atoms with Crippen LogP contribution in [0.15, 0.2) is 22.9 Å². The minimum absolute atomic E-state index is 0.455. The van der Waals surface area contributed by atoms with Crippen molar-refractivity contribution in [2.24, 2.45) is 0 Å². The third kappa shape index (κ3) is 2.03. The first-order valence-electron chi connectivity index (χ1n) is 3.11.